The molecule has 1 heterocycles. The normalized spacial score (nSPS) is 10.3. The van der Waals surface area contributed by atoms with E-state index in [0.717, 1.165) is 16.8 Å². The van der Waals surface area contributed by atoms with Gasteiger partial charge in [-0.25, -0.2) is 4.98 Å². The standard InChI is InChI=1S/C14H16N2O/c1-10-5-3-4-6-12(10)13-8-7-11(9-15)14(16-13)17-2/h3-8H,9,15H2,1-2H3. The lowest BCUT2D eigenvalue weighted by atomic mass is 10.0. The number of aromatic nitrogens is 1. The van der Waals surface area contributed by atoms with Gasteiger partial charge in [-0.3, -0.25) is 0 Å². The lowest BCUT2D eigenvalue weighted by Crippen LogP contribution is -2.02. The summed E-state index contributed by atoms with van der Waals surface area (Å²) < 4.78 is 5.25. The molecule has 3 heteroatoms. The first kappa shape index (κ1) is 11.6. The highest BCUT2D eigenvalue weighted by Gasteiger charge is 2.07. The highest BCUT2D eigenvalue weighted by molar-refractivity contribution is 5.64. The van der Waals surface area contributed by atoms with E-state index in [2.05, 4.69) is 24.0 Å². The van der Waals surface area contributed by atoms with Crippen molar-refractivity contribution < 1.29 is 4.74 Å². The van der Waals surface area contributed by atoms with E-state index in [9.17, 15) is 0 Å². The van der Waals surface area contributed by atoms with Crippen LogP contribution in [0.1, 0.15) is 11.1 Å². The zero-order valence-corrected chi connectivity index (χ0v) is 10.1. The van der Waals surface area contributed by atoms with Gasteiger partial charge in [0.2, 0.25) is 5.88 Å². The third-order valence-electron chi connectivity index (χ3n) is 2.77. The second kappa shape index (κ2) is 4.97. The molecule has 2 N–H and O–H groups in total. The summed E-state index contributed by atoms with van der Waals surface area (Å²) in [5.74, 6) is 0.605. The van der Waals surface area contributed by atoms with E-state index in [1.165, 1.54) is 5.56 Å². The van der Waals surface area contributed by atoms with Crippen LogP contribution < -0.4 is 10.5 Å². The van der Waals surface area contributed by atoms with E-state index in [4.69, 9.17) is 10.5 Å². The summed E-state index contributed by atoms with van der Waals surface area (Å²) in [5, 5.41) is 0. The van der Waals surface area contributed by atoms with E-state index in [1.807, 2.05) is 24.3 Å². The van der Waals surface area contributed by atoms with E-state index in [-0.39, 0.29) is 0 Å². The molecule has 1 aromatic carbocycles. The van der Waals surface area contributed by atoms with Gasteiger partial charge in [0, 0.05) is 17.7 Å². The molecule has 2 rings (SSSR count). The lowest BCUT2D eigenvalue weighted by molar-refractivity contribution is 0.393. The second-order valence-corrected chi connectivity index (χ2v) is 3.88. The number of hydrogen-bond donors (Lipinski definition) is 1. The number of ether oxygens (including phenoxy) is 1. The molecule has 0 atom stereocenters. The summed E-state index contributed by atoms with van der Waals surface area (Å²) in [7, 11) is 1.61. The molecule has 0 aliphatic heterocycles. The van der Waals surface area contributed by atoms with Gasteiger partial charge in [-0.2, -0.15) is 0 Å². The highest BCUT2D eigenvalue weighted by atomic mass is 16.5. The Morgan fingerprint density at radius 3 is 2.59 bits per heavy atom. The van der Waals surface area contributed by atoms with Crippen molar-refractivity contribution in [3.8, 4) is 17.1 Å². The molecule has 0 saturated heterocycles. The van der Waals surface area contributed by atoms with Crippen molar-refractivity contribution in [3.63, 3.8) is 0 Å². The van der Waals surface area contributed by atoms with Gasteiger partial charge in [-0.15, -0.1) is 0 Å². The van der Waals surface area contributed by atoms with Gasteiger partial charge < -0.3 is 10.5 Å². The maximum atomic E-state index is 5.62. The van der Waals surface area contributed by atoms with Gasteiger partial charge in [-0.1, -0.05) is 30.3 Å². The quantitative estimate of drug-likeness (QED) is 0.878. The summed E-state index contributed by atoms with van der Waals surface area (Å²) in [5.41, 5.74) is 9.78. The van der Waals surface area contributed by atoms with Crippen molar-refractivity contribution in [1.29, 1.82) is 0 Å². The molecular weight excluding hydrogens is 212 g/mol. The van der Waals surface area contributed by atoms with Gasteiger partial charge in [0.05, 0.1) is 12.8 Å². The maximum absolute atomic E-state index is 5.62. The van der Waals surface area contributed by atoms with Crippen LogP contribution in [-0.4, -0.2) is 12.1 Å². The molecule has 0 aliphatic carbocycles. The molecule has 0 fully saturated rings. The first-order valence-electron chi connectivity index (χ1n) is 5.56. The second-order valence-electron chi connectivity index (χ2n) is 3.88. The van der Waals surface area contributed by atoms with Crippen LogP contribution in [0.25, 0.3) is 11.3 Å². The largest absolute Gasteiger partial charge is 0.481 e. The monoisotopic (exact) mass is 228 g/mol. The summed E-state index contributed by atoms with van der Waals surface area (Å²) in [6.07, 6.45) is 0. The number of hydrogen-bond acceptors (Lipinski definition) is 3. The molecular formula is C14H16N2O. The molecule has 1 aromatic heterocycles. The molecule has 2 aromatic rings. The Hall–Kier alpha value is -1.87. The first-order valence-corrected chi connectivity index (χ1v) is 5.56. The average Bonchev–Trinajstić information content (AvgIpc) is 2.38. The molecule has 0 radical (unpaired) electrons. The van der Waals surface area contributed by atoms with Gasteiger partial charge in [-0.05, 0) is 18.6 Å². The van der Waals surface area contributed by atoms with Crippen molar-refractivity contribution in [3.05, 3.63) is 47.5 Å². The summed E-state index contributed by atoms with van der Waals surface area (Å²) in [4.78, 5) is 4.49. The van der Waals surface area contributed by atoms with Crippen LogP contribution in [-0.2, 0) is 6.54 Å². The Bertz CT molecular complexity index is 523. The third kappa shape index (κ3) is 2.29. The van der Waals surface area contributed by atoms with Gasteiger partial charge in [0.1, 0.15) is 0 Å². The van der Waals surface area contributed by atoms with E-state index < -0.39 is 0 Å². The van der Waals surface area contributed by atoms with Crippen molar-refractivity contribution >= 4 is 0 Å². The minimum atomic E-state index is 0.435. The Balaban J connectivity index is 2.50. The van der Waals surface area contributed by atoms with Crippen molar-refractivity contribution in [2.24, 2.45) is 5.73 Å². The van der Waals surface area contributed by atoms with Crippen LogP contribution in [0.15, 0.2) is 36.4 Å². The van der Waals surface area contributed by atoms with Crippen LogP contribution in [0.3, 0.4) is 0 Å². The summed E-state index contributed by atoms with van der Waals surface area (Å²) >= 11 is 0. The van der Waals surface area contributed by atoms with Crippen LogP contribution in [0.2, 0.25) is 0 Å². The number of benzene rings is 1. The number of nitrogens with zero attached hydrogens (tertiary/aromatic N) is 1. The Labute approximate surface area is 101 Å². The molecule has 0 saturated carbocycles. The van der Waals surface area contributed by atoms with Crippen LogP contribution in [0.5, 0.6) is 5.88 Å². The summed E-state index contributed by atoms with van der Waals surface area (Å²) in [6, 6.07) is 12.1. The van der Waals surface area contributed by atoms with Gasteiger partial charge in [0.15, 0.2) is 0 Å². The minimum Gasteiger partial charge on any atom is -0.481 e. The Morgan fingerprint density at radius 1 is 1.18 bits per heavy atom. The first-order chi connectivity index (χ1) is 8.26. The average molecular weight is 228 g/mol. The molecule has 0 amide bonds. The molecule has 0 aliphatic rings. The third-order valence-corrected chi connectivity index (χ3v) is 2.77. The number of rotatable bonds is 3. The number of nitrogens with two attached hydrogens (primary N) is 1. The minimum absolute atomic E-state index is 0.435. The molecule has 0 spiro atoms. The number of pyridine rings is 1. The molecule has 0 unspecified atom stereocenters. The van der Waals surface area contributed by atoms with Crippen LogP contribution in [0.4, 0.5) is 0 Å². The van der Waals surface area contributed by atoms with Crippen molar-refractivity contribution in [1.82, 2.24) is 4.98 Å². The highest BCUT2D eigenvalue weighted by Crippen LogP contribution is 2.25. The van der Waals surface area contributed by atoms with E-state index >= 15 is 0 Å². The van der Waals surface area contributed by atoms with E-state index in [1.54, 1.807) is 7.11 Å². The van der Waals surface area contributed by atoms with Crippen molar-refractivity contribution in [2.45, 2.75) is 13.5 Å². The van der Waals surface area contributed by atoms with Gasteiger partial charge in [0.25, 0.3) is 0 Å². The fourth-order valence-corrected chi connectivity index (χ4v) is 1.81. The SMILES string of the molecule is COc1nc(-c2ccccc2C)ccc1CN. The topological polar surface area (TPSA) is 48.1 Å². The molecule has 3 nitrogen and oxygen atoms in total. The fourth-order valence-electron chi connectivity index (χ4n) is 1.81. The summed E-state index contributed by atoms with van der Waals surface area (Å²) in [6.45, 7) is 2.50. The van der Waals surface area contributed by atoms with E-state index in [0.29, 0.717) is 12.4 Å². The van der Waals surface area contributed by atoms with Gasteiger partial charge >= 0.3 is 0 Å². The molecule has 88 valence electrons. The number of aryl methyl sites for hydroxylation is 1. The zero-order valence-electron chi connectivity index (χ0n) is 10.1. The van der Waals surface area contributed by atoms with Crippen LogP contribution >= 0.6 is 0 Å². The fraction of sp³-hybridized carbons (Fsp3) is 0.214. The lowest BCUT2D eigenvalue weighted by Gasteiger charge is -2.09. The maximum Gasteiger partial charge on any atom is 0.218 e. The predicted octanol–water partition coefficient (Wildman–Crippen LogP) is 2.52. The molecule has 0 bridgehead atoms. The molecule has 17 heavy (non-hydrogen) atoms. The van der Waals surface area contributed by atoms with Crippen molar-refractivity contribution in [2.75, 3.05) is 7.11 Å². The predicted molar refractivity (Wildman–Crippen MR) is 68.9 cm³/mol. The Morgan fingerprint density at radius 2 is 1.94 bits per heavy atom. The Kier molecular flexibility index (Phi) is 3.40. The zero-order chi connectivity index (χ0) is 12.3. The number of methoxy groups -OCH3 is 1. The van der Waals surface area contributed by atoms with Crippen LogP contribution in [0, 0.1) is 6.92 Å². The smallest absolute Gasteiger partial charge is 0.218 e.